The maximum absolute atomic E-state index is 12.5. The molecule has 132 valence electrons. The summed E-state index contributed by atoms with van der Waals surface area (Å²) in [6.07, 6.45) is 1.96. The lowest BCUT2D eigenvalue weighted by atomic mass is 10.00. The smallest absolute Gasteiger partial charge is 0.328 e. The quantitative estimate of drug-likeness (QED) is 0.779. The molecule has 2 aromatic rings. The van der Waals surface area contributed by atoms with Crippen molar-refractivity contribution >= 4 is 16.9 Å². The standard InChI is InChI=1S/C15H20N4O3.C2H6/c1-9(6-10(2)11(3)20)7-19-14(21)12-13(16-8-17(12)4)18(5)15(19)22;1-2/h8-9H,2,6-7H2,1,3-5H3;1-2H3. The van der Waals surface area contributed by atoms with E-state index in [2.05, 4.69) is 11.6 Å². The van der Waals surface area contributed by atoms with Crippen LogP contribution in [-0.4, -0.2) is 24.5 Å². The predicted molar refractivity (Wildman–Crippen MR) is 95.2 cm³/mol. The normalized spacial score (nSPS) is 11.8. The van der Waals surface area contributed by atoms with Crippen LogP contribution in [0.15, 0.2) is 28.1 Å². The number of fused-ring (bicyclic) bond motifs is 1. The van der Waals surface area contributed by atoms with Gasteiger partial charge in [0, 0.05) is 20.6 Å². The third-order valence-electron chi connectivity index (χ3n) is 3.79. The van der Waals surface area contributed by atoms with Gasteiger partial charge in [0.2, 0.25) is 0 Å². The van der Waals surface area contributed by atoms with Gasteiger partial charge in [0.05, 0.1) is 6.33 Å². The summed E-state index contributed by atoms with van der Waals surface area (Å²) in [6.45, 7) is 11.3. The van der Waals surface area contributed by atoms with Gasteiger partial charge in [-0.25, -0.2) is 9.78 Å². The Morgan fingerprint density at radius 1 is 1.29 bits per heavy atom. The van der Waals surface area contributed by atoms with E-state index in [1.165, 1.54) is 22.4 Å². The van der Waals surface area contributed by atoms with Crippen LogP contribution in [0, 0.1) is 5.92 Å². The van der Waals surface area contributed by atoms with Crippen LogP contribution in [0.2, 0.25) is 0 Å². The Labute approximate surface area is 141 Å². The van der Waals surface area contributed by atoms with Crippen molar-refractivity contribution in [2.45, 2.75) is 40.7 Å². The molecule has 0 aliphatic heterocycles. The lowest BCUT2D eigenvalue weighted by molar-refractivity contribution is -0.113. The molecule has 24 heavy (non-hydrogen) atoms. The largest absolute Gasteiger partial charge is 0.332 e. The van der Waals surface area contributed by atoms with Gasteiger partial charge in [-0.15, -0.1) is 0 Å². The number of imidazole rings is 1. The number of ketones is 1. The van der Waals surface area contributed by atoms with Crippen LogP contribution in [-0.2, 0) is 25.4 Å². The van der Waals surface area contributed by atoms with Crippen LogP contribution in [0.1, 0.15) is 34.1 Å². The maximum atomic E-state index is 12.5. The molecule has 0 radical (unpaired) electrons. The molecule has 1 atom stereocenters. The van der Waals surface area contributed by atoms with Crippen LogP contribution < -0.4 is 11.2 Å². The van der Waals surface area contributed by atoms with Gasteiger partial charge in [-0.3, -0.25) is 18.7 Å². The average Bonchev–Trinajstić information content (AvgIpc) is 2.93. The summed E-state index contributed by atoms with van der Waals surface area (Å²) >= 11 is 0. The Morgan fingerprint density at radius 3 is 2.42 bits per heavy atom. The minimum atomic E-state index is -0.406. The SMILES string of the molecule is C=C(CC(C)Cn1c(=O)c2c(ncn2C)n(C)c1=O)C(C)=O.CC. The zero-order valence-electron chi connectivity index (χ0n) is 15.3. The highest BCUT2D eigenvalue weighted by Crippen LogP contribution is 2.12. The number of hydrogen-bond acceptors (Lipinski definition) is 4. The van der Waals surface area contributed by atoms with Crippen molar-refractivity contribution in [2.24, 2.45) is 20.0 Å². The average molecular weight is 334 g/mol. The predicted octanol–water partition coefficient (Wildman–Crippen LogP) is 1.63. The third kappa shape index (κ3) is 3.72. The molecule has 0 saturated heterocycles. The van der Waals surface area contributed by atoms with E-state index < -0.39 is 5.69 Å². The number of hydrogen-bond donors (Lipinski definition) is 0. The molecule has 0 bridgehead atoms. The number of carbonyl (C=O) groups is 1. The summed E-state index contributed by atoms with van der Waals surface area (Å²) in [5.41, 5.74) is 0.489. The zero-order valence-corrected chi connectivity index (χ0v) is 15.3. The second kappa shape index (κ2) is 7.90. The fourth-order valence-electron chi connectivity index (χ4n) is 2.50. The second-order valence-electron chi connectivity index (χ2n) is 5.75. The molecule has 2 heterocycles. The first kappa shape index (κ1) is 19.6. The summed E-state index contributed by atoms with van der Waals surface area (Å²) in [5, 5.41) is 0. The number of aromatic nitrogens is 4. The number of nitrogens with zero attached hydrogens (tertiary/aromatic N) is 4. The Kier molecular flexibility index (Phi) is 6.45. The summed E-state index contributed by atoms with van der Waals surface area (Å²) < 4.78 is 4.16. The number of Topliss-reactive ketones (excluding diaryl/α,β-unsaturated/α-hetero) is 1. The third-order valence-corrected chi connectivity index (χ3v) is 3.79. The van der Waals surface area contributed by atoms with Crippen molar-refractivity contribution < 1.29 is 4.79 Å². The molecule has 2 rings (SSSR count). The summed E-state index contributed by atoms with van der Waals surface area (Å²) in [5.74, 6) is -0.123. The lowest BCUT2D eigenvalue weighted by Crippen LogP contribution is -2.40. The van der Waals surface area contributed by atoms with Gasteiger partial charge in [0.15, 0.2) is 16.9 Å². The molecule has 0 aliphatic carbocycles. The van der Waals surface area contributed by atoms with Gasteiger partial charge < -0.3 is 4.57 Å². The minimum absolute atomic E-state index is 0.0486. The maximum Gasteiger partial charge on any atom is 0.332 e. The number of allylic oxidation sites excluding steroid dienone is 1. The number of rotatable bonds is 5. The summed E-state index contributed by atoms with van der Waals surface area (Å²) in [7, 11) is 3.30. The van der Waals surface area contributed by atoms with Crippen molar-refractivity contribution in [3.63, 3.8) is 0 Å². The first-order chi connectivity index (χ1) is 11.2. The number of aryl methyl sites for hydroxylation is 2. The van der Waals surface area contributed by atoms with E-state index in [-0.39, 0.29) is 23.8 Å². The van der Waals surface area contributed by atoms with Crippen LogP contribution >= 0.6 is 0 Å². The molecule has 0 fully saturated rings. The van der Waals surface area contributed by atoms with Crippen molar-refractivity contribution in [1.82, 2.24) is 18.7 Å². The Morgan fingerprint density at radius 2 is 1.88 bits per heavy atom. The fraction of sp³-hybridized carbons (Fsp3) is 0.529. The van der Waals surface area contributed by atoms with Gasteiger partial charge in [-0.05, 0) is 24.8 Å². The van der Waals surface area contributed by atoms with E-state index in [0.717, 1.165) is 0 Å². The first-order valence-corrected chi connectivity index (χ1v) is 8.03. The van der Waals surface area contributed by atoms with Crippen LogP contribution in [0.5, 0.6) is 0 Å². The Balaban J connectivity index is 0.00000139. The topological polar surface area (TPSA) is 78.9 Å². The summed E-state index contributed by atoms with van der Waals surface area (Å²) in [6, 6.07) is 0. The Hall–Kier alpha value is -2.44. The molecule has 7 heteroatoms. The molecule has 0 aliphatic rings. The molecule has 0 saturated carbocycles. The monoisotopic (exact) mass is 334 g/mol. The molecule has 2 aromatic heterocycles. The van der Waals surface area contributed by atoms with Crippen LogP contribution in [0.3, 0.4) is 0 Å². The van der Waals surface area contributed by atoms with Gasteiger partial charge in [-0.2, -0.15) is 0 Å². The second-order valence-corrected chi connectivity index (χ2v) is 5.75. The van der Waals surface area contributed by atoms with Crippen molar-refractivity contribution in [3.05, 3.63) is 39.3 Å². The minimum Gasteiger partial charge on any atom is -0.328 e. The van der Waals surface area contributed by atoms with Gasteiger partial charge >= 0.3 is 5.69 Å². The van der Waals surface area contributed by atoms with E-state index in [4.69, 9.17) is 0 Å². The zero-order chi connectivity index (χ0) is 18.6. The van der Waals surface area contributed by atoms with E-state index in [1.54, 1.807) is 18.7 Å². The molecule has 0 aromatic carbocycles. The molecule has 0 amide bonds. The van der Waals surface area contributed by atoms with Crippen LogP contribution in [0.4, 0.5) is 0 Å². The van der Waals surface area contributed by atoms with Crippen LogP contribution in [0.25, 0.3) is 11.2 Å². The fourth-order valence-corrected chi connectivity index (χ4v) is 2.50. The van der Waals surface area contributed by atoms with Crippen molar-refractivity contribution in [1.29, 1.82) is 0 Å². The molecule has 0 spiro atoms. The first-order valence-electron chi connectivity index (χ1n) is 8.03. The van der Waals surface area contributed by atoms with Crippen molar-refractivity contribution in [3.8, 4) is 0 Å². The van der Waals surface area contributed by atoms with Gasteiger partial charge in [-0.1, -0.05) is 27.4 Å². The number of carbonyl (C=O) groups excluding carboxylic acids is 1. The molecule has 7 nitrogen and oxygen atoms in total. The lowest BCUT2D eigenvalue weighted by Gasteiger charge is -2.14. The highest BCUT2D eigenvalue weighted by Gasteiger charge is 2.17. The molecule has 0 N–H and O–H groups in total. The highest BCUT2D eigenvalue weighted by molar-refractivity contribution is 5.92. The van der Waals surface area contributed by atoms with E-state index in [1.807, 2.05) is 20.8 Å². The Bertz CT molecular complexity index is 870. The molecular weight excluding hydrogens is 308 g/mol. The highest BCUT2D eigenvalue weighted by atomic mass is 16.2. The van der Waals surface area contributed by atoms with Gasteiger partial charge in [0.25, 0.3) is 5.56 Å². The van der Waals surface area contributed by atoms with E-state index in [0.29, 0.717) is 23.2 Å². The van der Waals surface area contributed by atoms with E-state index in [9.17, 15) is 14.4 Å². The summed E-state index contributed by atoms with van der Waals surface area (Å²) in [4.78, 5) is 40.2. The van der Waals surface area contributed by atoms with E-state index >= 15 is 0 Å². The molecular formula is C17H26N4O3. The molecule has 1 unspecified atom stereocenters. The van der Waals surface area contributed by atoms with Crippen molar-refractivity contribution in [2.75, 3.05) is 0 Å². The van der Waals surface area contributed by atoms with Gasteiger partial charge in [0.1, 0.15) is 0 Å².